The fourth-order valence-corrected chi connectivity index (χ4v) is 7.96. The van der Waals surface area contributed by atoms with Gasteiger partial charge < -0.3 is 59.9 Å². The number of carbonyl (C=O) groups excluding carboxylic acids is 2. The van der Waals surface area contributed by atoms with Crippen LogP contribution >= 0.6 is 15.6 Å². The number of allylic oxidation sites excluding steroid dienone is 9. The van der Waals surface area contributed by atoms with Gasteiger partial charge in [0.1, 0.15) is 43.2 Å². The largest absolute Gasteiger partial charge is 0.472 e. The molecule has 0 aromatic rings. The van der Waals surface area contributed by atoms with Crippen LogP contribution < -0.4 is 0 Å². The minimum atomic E-state index is -5.40. The van der Waals surface area contributed by atoms with Crippen molar-refractivity contribution in [1.29, 1.82) is 0 Å². The number of carbonyl (C=O) groups is 2. The van der Waals surface area contributed by atoms with Gasteiger partial charge in [-0.25, -0.2) is 9.13 Å². The molecular formula is C45H76O19P2. The number of esters is 2. The van der Waals surface area contributed by atoms with Crippen molar-refractivity contribution in [3.8, 4) is 0 Å². The first kappa shape index (κ1) is 61.3. The first-order valence-corrected chi connectivity index (χ1v) is 25.8. The first-order valence-electron chi connectivity index (χ1n) is 22.8. The van der Waals surface area contributed by atoms with Crippen LogP contribution in [0.15, 0.2) is 72.9 Å². The zero-order valence-corrected chi connectivity index (χ0v) is 40.0. The molecule has 1 fully saturated rings. The summed E-state index contributed by atoms with van der Waals surface area (Å²) < 4.78 is 49.0. The number of phosphoric acid groups is 2. The van der Waals surface area contributed by atoms with Gasteiger partial charge in [-0.2, -0.15) is 0 Å². The van der Waals surface area contributed by atoms with Crippen molar-refractivity contribution in [3.63, 3.8) is 0 Å². The van der Waals surface area contributed by atoms with Gasteiger partial charge in [-0.15, -0.1) is 0 Å². The van der Waals surface area contributed by atoms with Gasteiger partial charge in [0.15, 0.2) is 6.10 Å². The van der Waals surface area contributed by atoms with Crippen molar-refractivity contribution in [2.75, 3.05) is 13.2 Å². The first-order chi connectivity index (χ1) is 31.3. The van der Waals surface area contributed by atoms with Crippen molar-refractivity contribution in [2.45, 2.75) is 184 Å². The lowest BCUT2D eigenvalue weighted by Gasteiger charge is -2.43. The lowest BCUT2D eigenvalue weighted by atomic mass is 9.85. The molecule has 0 heterocycles. The number of phosphoric ester groups is 2. The maximum Gasteiger partial charge on any atom is 0.472 e. The predicted molar refractivity (Wildman–Crippen MR) is 245 cm³/mol. The zero-order valence-electron chi connectivity index (χ0n) is 38.2. The Morgan fingerprint density at radius 1 is 0.606 bits per heavy atom. The van der Waals surface area contributed by atoms with E-state index in [1.165, 1.54) is 37.8 Å². The second-order valence-electron chi connectivity index (χ2n) is 16.0. The molecule has 0 radical (unpaired) electrons. The number of hydrogen-bond donors (Lipinski definition) is 10. The molecule has 1 saturated carbocycles. The molecule has 0 spiro atoms. The van der Waals surface area contributed by atoms with Crippen molar-refractivity contribution in [2.24, 2.45) is 0 Å². The number of aliphatic hydroxyl groups excluding tert-OH is 7. The minimum Gasteiger partial charge on any atom is -0.462 e. The van der Waals surface area contributed by atoms with Gasteiger partial charge in [0.25, 0.3) is 0 Å². The molecule has 66 heavy (non-hydrogen) atoms. The molecule has 0 aliphatic heterocycles. The van der Waals surface area contributed by atoms with Crippen molar-refractivity contribution in [1.82, 2.24) is 0 Å². The summed E-state index contributed by atoms with van der Waals surface area (Å²) in [6, 6.07) is 0. The number of unbranched alkanes of at least 4 members (excludes halogenated alkanes) is 9. The molecule has 5 unspecified atom stereocenters. The number of rotatable bonds is 36. The van der Waals surface area contributed by atoms with Crippen molar-refractivity contribution >= 4 is 27.6 Å². The van der Waals surface area contributed by atoms with E-state index in [1.807, 2.05) is 19.1 Å². The van der Waals surface area contributed by atoms with E-state index in [2.05, 4.69) is 23.6 Å². The summed E-state index contributed by atoms with van der Waals surface area (Å²) in [5.41, 5.74) is 0. The summed E-state index contributed by atoms with van der Waals surface area (Å²) in [4.78, 5) is 54.2. The summed E-state index contributed by atoms with van der Waals surface area (Å²) >= 11 is 0. The Kier molecular flexibility index (Phi) is 32.9. The van der Waals surface area contributed by atoms with E-state index in [9.17, 15) is 59.4 Å². The van der Waals surface area contributed by atoms with Crippen molar-refractivity contribution in [3.05, 3.63) is 72.9 Å². The molecule has 21 heteroatoms. The summed E-state index contributed by atoms with van der Waals surface area (Å²) in [5.74, 6) is -1.56. The zero-order chi connectivity index (χ0) is 49.4. The van der Waals surface area contributed by atoms with Crippen LogP contribution in [0.3, 0.4) is 0 Å². The Bertz CT molecular complexity index is 1610. The molecule has 19 nitrogen and oxygen atoms in total. The Morgan fingerprint density at radius 3 is 1.79 bits per heavy atom. The van der Waals surface area contributed by atoms with Gasteiger partial charge in [0, 0.05) is 12.8 Å². The van der Waals surface area contributed by atoms with E-state index in [4.69, 9.17) is 28.3 Å². The number of aliphatic hydroxyl groups is 7. The van der Waals surface area contributed by atoms with Crippen LogP contribution in [0.5, 0.6) is 0 Å². The second-order valence-corrected chi connectivity index (χ2v) is 18.5. The summed E-state index contributed by atoms with van der Waals surface area (Å²) in [6.07, 6.45) is 15.1. The van der Waals surface area contributed by atoms with Crippen LogP contribution in [0.2, 0.25) is 0 Å². The Labute approximate surface area is 389 Å². The highest BCUT2D eigenvalue weighted by molar-refractivity contribution is 7.47. The molecular weight excluding hydrogens is 906 g/mol. The number of ether oxygens (including phenoxy) is 2. The van der Waals surface area contributed by atoms with Gasteiger partial charge >= 0.3 is 27.6 Å². The molecule has 1 rings (SSSR count). The Balaban J connectivity index is 2.76. The monoisotopic (exact) mass is 982 g/mol. The van der Waals surface area contributed by atoms with Gasteiger partial charge in [0.2, 0.25) is 0 Å². The average molecular weight is 983 g/mol. The lowest BCUT2D eigenvalue weighted by Crippen LogP contribution is -2.64. The van der Waals surface area contributed by atoms with E-state index in [0.717, 1.165) is 44.9 Å². The Morgan fingerprint density at radius 2 is 1.17 bits per heavy atom. The normalized spacial score (nSPS) is 23.6. The van der Waals surface area contributed by atoms with Crippen LogP contribution in [0.4, 0.5) is 0 Å². The highest BCUT2D eigenvalue weighted by Crippen LogP contribution is 2.49. The lowest BCUT2D eigenvalue weighted by molar-refractivity contribution is -0.216. The number of hydrogen-bond acceptors (Lipinski definition) is 16. The maximum atomic E-state index is 13.0. The van der Waals surface area contributed by atoms with Gasteiger partial charge in [-0.1, -0.05) is 125 Å². The highest BCUT2D eigenvalue weighted by atomic mass is 31.2. The SMILES string of the molecule is CC/C=C\C[C@@H](O)/C=C/C=C/C=C\C=C/[C@H](O)[C@@H](O)CCCC(=O)OC[C@H](COP(=O)(O)O[C@H]1C(O)C(O)C(O)[C@@H](OP(=O)(O)O)C1O)OC(=O)CCCCCCC/C=C\CCCCCC. The molecule has 380 valence electrons. The summed E-state index contributed by atoms with van der Waals surface area (Å²) in [6.45, 7) is 2.57. The fraction of sp³-hybridized carbons (Fsp3) is 0.689. The molecule has 1 aliphatic carbocycles. The third-order valence-electron chi connectivity index (χ3n) is 10.1. The predicted octanol–water partition coefficient (Wildman–Crippen LogP) is 4.97. The molecule has 0 bridgehead atoms. The molecule has 0 saturated heterocycles. The molecule has 0 amide bonds. The van der Waals surface area contributed by atoms with Gasteiger partial charge in [-0.3, -0.25) is 23.2 Å². The fourth-order valence-electron chi connectivity index (χ4n) is 6.42. The van der Waals surface area contributed by atoms with Crippen LogP contribution in [-0.4, -0.2) is 137 Å². The van der Waals surface area contributed by atoms with Crippen LogP contribution in [0, 0.1) is 0 Å². The summed E-state index contributed by atoms with van der Waals surface area (Å²) in [5, 5.41) is 71.7. The van der Waals surface area contributed by atoms with E-state index < -0.39 is 102 Å². The topological polar surface area (TPSA) is 317 Å². The van der Waals surface area contributed by atoms with Crippen LogP contribution in [0.1, 0.15) is 123 Å². The molecule has 11 atom stereocenters. The van der Waals surface area contributed by atoms with Crippen molar-refractivity contribution < 1.29 is 92.2 Å². The Hall–Kier alpha value is -2.68. The third-order valence-corrected chi connectivity index (χ3v) is 11.6. The molecule has 0 aromatic carbocycles. The maximum absolute atomic E-state index is 13.0. The van der Waals surface area contributed by atoms with E-state index in [-0.39, 0.29) is 25.7 Å². The van der Waals surface area contributed by atoms with Crippen LogP contribution in [0.25, 0.3) is 0 Å². The molecule has 0 aromatic heterocycles. The summed E-state index contributed by atoms with van der Waals surface area (Å²) in [7, 11) is -10.8. The minimum absolute atomic E-state index is 0.00216. The third kappa shape index (κ3) is 29.3. The van der Waals surface area contributed by atoms with Gasteiger partial charge in [-0.05, 0) is 57.8 Å². The quantitative estimate of drug-likeness (QED) is 0.0130. The standard InChI is InChI=1S/C45H76O19P2/c1-3-5-7-8-9-10-11-12-13-14-15-20-24-30-39(50)62-35(33-61-66(58,59)64-45-42(53)40(51)41(52)44(43(45)54)63-65(55,56)57)32-60-38(49)31-25-29-37(48)36(47)28-23-19-17-16-18-22-27-34(46)26-21-6-4-2/h6,10-11,16-19,21-23,27-28,34-37,40-48,51-54H,3-5,7-9,12-15,20,24-26,29-33H2,1-2H3,(H,58,59)(H2,55,56,57)/b11-10-,18-16+,19-17-,21-6-,27-22+,28-23-/t34-,35-,36+,37+,40?,41?,42?,43?,44-,45+/m1/s1. The van der Waals surface area contributed by atoms with Gasteiger partial charge in [0.05, 0.1) is 24.9 Å². The second kappa shape index (κ2) is 35.4. The van der Waals surface area contributed by atoms with E-state index in [0.29, 0.717) is 12.8 Å². The molecule has 10 N–H and O–H groups in total. The highest BCUT2D eigenvalue weighted by Gasteiger charge is 2.54. The average Bonchev–Trinajstić information content (AvgIpc) is 3.26. The van der Waals surface area contributed by atoms with E-state index >= 15 is 0 Å². The molecule has 1 aliphatic rings. The smallest absolute Gasteiger partial charge is 0.462 e. The van der Waals surface area contributed by atoms with Crippen LogP contribution in [-0.2, 0) is 41.8 Å². The van der Waals surface area contributed by atoms with E-state index in [1.54, 1.807) is 36.5 Å².